The molecule has 22 heavy (non-hydrogen) atoms. The highest BCUT2D eigenvalue weighted by Crippen LogP contribution is 2.26. The van der Waals surface area contributed by atoms with E-state index in [-0.39, 0.29) is 11.2 Å². The van der Waals surface area contributed by atoms with Gasteiger partial charge in [0.25, 0.3) is 0 Å². The Labute approximate surface area is 130 Å². The molecule has 3 rings (SSSR count). The van der Waals surface area contributed by atoms with Gasteiger partial charge in [0, 0.05) is 21.0 Å². The van der Waals surface area contributed by atoms with Crippen molar-refractivity contribution in [1.29, 1.82) is 0 Å². The van der Waals surface area contributed by atoms with Crippen LogP contribution < -0.4 is 14.8 Å². The summed E-state index contributed by atoms with van der Waals surface area (Å²) in [6.07, 6.45) is 0. The van der Waals surface area contributed by atoms with Gasteiger partial charge in [-0.1, -0.05) is 30.3 Å². The van der Waals surface area contributed by atoms with Gasteiger partial charge in [0.15, 0.2) is 5.43 Å². The van der Waals surface area contributed by atoms with E-state index in [9.17, 15) is 13.2 Å². The highest BCUT2D eigenvalue weighted by molar-refractivity contribution is 7.84. The van der Waals surface area contributed by atoms with E-state index in [1.165, 1.54) is 23.5 Å². The van der Waals surface area contributed by atoms with Gasteiger partial charge in [-0.15, -0.1) is 11.3 Å². The quantitative estimate of drug-likeness (QED) is 0.798. The van der Waals surface area contributed by atoms with Crippen molar-refractivity contribution in [2.24, 2.45) is 5.14 Å². The molecule has 0 saturated heterocycles. The summed E-state index contributed by atoms with van der Waals surface area (Å²) in [5.74, 6) is 0.0816. The molecule has 0 atom stereocenters. The van der Waals surface area contributed by atoms with E-state index < -0.39 is 10.3 Å². The second-order valence-corrected chi connectivity index (χ2v) is 6.64. The predicted octanol–water partition coefficient (Wildman–Crippen LogP) is 2.51. The Kier molecular flexibility index (Phi) is 3.69. The molecule has 1 heterocycles. The summed E-state index contributed by atoms with van der Waals surface area (Å²) in [5, 5.41) is 7.09. The molecule has 2 N–H and O–H groups in total. The molecular formula is C15H11NO4S2. The van der Waals surface area contributed by atoms with Gasteiger partial charge in [-0.2, -0.15) is 13.6 Å². The predicted molar refractivity (Wildman–Crippen MR) is 87.3 cm³/mol. The normalized spacial score (nSPS) is 11.5. The monoisotopic (exact) mass is 333 g/mol. The van der Waals surface area contributed by atoms with E-state index in [4.69, 9.17) is 5.14 Å². The number of hydrogen-bond donors (Lipinski definition) is 1. The minimum Gasteiger partial charge on any atom is -0.371 e. The molecular weight excluding hydrogens is 322 g/mol. The van der Waals surface area contributed by atoms with Crippen LogP contribution in [0.1, 0.15) is 0 Å². The molecule has 0 saturated carbocycles. The second-order valence-electron chi connectivity index (χ2n) is 4.58. The Morgan fingerprint density at radius 2 is 1.77 bits per heavy atom. The maximum atomic E-state index is 12.5. The third-order valence-corrected chi connectivity index (χ3v) is 4.41. The molecule has 0 spiro atoms. The summed E-state index contributed by atoms with van der Waals surface area (Å²) < 4.78 is 27.1. The maximum Gasteiger partial charge on any atom is 0.380 e. The average molecular weight is 333 g/mol. The van der Waals surface area contributed by atoms with Crippen LogP contribution in [-0.2, 0) is 10.3 Å². The Morgan fingerprint density at radius 3 is 2.45 bits per heavy atom. The van der Waals surface area contributed by atoms with Crippen LogP contribution in [0.2, 0.25) is 0 Å². The molecule has 0 aliphatic rings. The molecule has 7 heteroatoms. The average Bonchev–Trinajstić information content (AvgIpc) is 2.47. The SMILES string of the molecule is NS(=O)(=O)Oc1ccc2c(=O)c(-c3ccccc3)csc2c1. The van der Waals surface area contributed by atoms with Gasteiger partial charge in [-0.3, -0.25) is 4.79 Å². The topological polar surface area (TPSA) is 86.5 Å². The molecule has 0 radical (unpaired) electrons. The largest absolute Gasteiger partial charge is 0.380 e. The van der Waals surface area contributed by atoms with E-state index in [0.717, 1.165) is 5.56 Å². The van der Waals surface area contributed by atoms with Crippen molar-refractivity contribution in [3.05, 3.63) is 64.1 Å². The summed E-state index contributed by atoms with van der Waals surface area (Å²) in [5.41, 5.74) is 1.34. The molecule has 2 aromatic carbocycles. The Hall–Kier alpha value is -2.22. The van der Waals surface area contributed by atoms with Crippen molar-refractivity contribution in [2.75, 3.05) is 0 Å². The Balaban J connectivity index is 2.14. The maximum absolute atomic E-state index is 12.5. The third-order valence-electron chi connectivity index (χ3n) is 3.04. The van der Waals surface area contributed by atoms with Crippen molar-refractivity contribution in [3.63, 3.8) is 0 Å². The van der Waals surface area contributed by atoms with Crippen molar-refractivity contribution in [1.82, 2.24) is 0 Å². The fraction of sp³-hybridized carbons (Fsp3) is 0. The number of hydrogen-bond acceptors (Lipinski definition) is 5. The minimum atomic E-state index is -4.08. The zero-order valence-electron chi connectivity index (χ0n) is 11.2. The van der Waals surface area contributed by atoms with Gasteiger partial charge < -0.3 is 4.18 Å². The van der Waals surface area contributed by atoms with Crippen LogP contribution in [0.4, 0.5) is 0 Å². The lowest BCUT2D eigenvalue weighted by Crippen LogP contribution is -2.18. The fourth-order valence-electron chi connectivity index (χ4n) is 2.11. The Bertz CT molecular complexity index is 995. The van der Waals surface area contributed by atoms with E-state index >= 15 is 0 Å². The van der Waals surface area contributed by atoms with Crippen LogP contribution in [-0.4, -0.2) is 8.42 Å². The van der Waals surface area contributed by atoms with Crippen molar-refractivity contribution < 1.29 is 12.6 Å². The summed E-state index contributed by atoms with van der Waals surface area (Å²) in [4.78, 5) is 12.5. The first-order valence-electron chi connectivity index (χ1n) is 6.27. The highest BCUT2D eigenvalue weighted by Gasteiger charge is 2.10. The van der Waals surface area contributed by atoms with Gasteiger partial charge in [-0.05, 0) is 23.8 Å². The highest BCUT2D eigenvalue weighted by atomic mass is 32.2. The third kappa shape index (κ3) is 3.01. The van der Waals surface area contributed by atoms with E-state index in [1.54, 1.807) is 11.4 Å². The van der Waals surface area contributed by atoms with Crippen LogP contribution in [0.25, 0.3) is 21.2 Å². The molecule has 1 aromatic heterocycles. The molecule has 0 fully saturated rings. The molecule has 3 aromatic rings. The van der Waals surface area contributed by atoms with Gasteiger partial charge in [0.2, 0.25) is 0 Å². The van der Waals surface area contributed by atoms with Crippen LogP contribution in [0.3, 0.4) is 0 Å². The number of nitrogens with two attached hydrogens (primary N) is 1. The van der Waals surface area contributed by atoms with Crippen LogP contribution >= 0.6 is 11.3 Å². The number of benzene rings is 2. The van der Waals surface area contributed by atoms with Crippen molar-refractivity contribution in [3.8, 4) is 16.9 Å². The first kappa shape index (κ1) is 14.7. The molecule has 112 valence electrons. The van der Waals surface area contributed by atoms with Crippen molar-refractivity contribution in [2.45, 2.75) is 0 Å². The fourth-order valence-corrected chi connectivity index (χ4v) is 3.44. The lowest BCUT2D eigenvalue weighted by Gasteiger charge is -2.05. The molecule has 5 nitrogen and oxygen atoms in total. The summed E-state index contributed by atoms with van der Waals surface area (Å²) >= 11 is 1.34. The van der Waals surface area contributed by atoms with Gasteiger partial charge in [0.1, 0.15) is 5.75 Å². The Morgan fingerprint density at radius 1 is 1.05 bits per heavy atom. The smallest absolute Gasteiger partial charge is 0.371 e. The van der Waals surface area contributed by atoms with E-state index in [1.807, 2.05) is 30.3 Å². The van der Waals surface area contributed by atoms with Crippen LogP contribution in [0, 0.1) is 0 Å². The summed E-state index contributed by atoms with van der Waals surface area (Å²) in [6, 6.07) is 13.8. The van der Waals surface area contributed by atoms with Gasteiger partial charge >= 0.3 is 10.3 Å². The second kappa shape index (κ2) is 5.53. The lowest BCUT2D eigenvalue weighted by atomic mass is 10.1. The zero-order valence-corrected chi connectivity index (χ0v) is 12.9. The molecule has 0 amide bonds. The van der Waals surface area contributed by atoms with E-state index in [0.29, 0.717) is 15.6 Å². The number of fused-ring (bicyclic) bond motifs is 1. The molecule has 0 bridgehead atoms. The van der Waals surface area contributed by atoms with Gasteiger partial charge in [-0.25, -0.2) is 0 Å². The lowest BCUT2D eigenvalue weighted by molar-refractivity contribution is 0.488. The molecule has 0 aliphatic carbocycles. The molecule has 0 aliphatic heterocycles. The van der Waals surface area contributed by atoms with Crippen LogP contribution in [0.5, 0.6) is 5.75 Å². The first-order chi connectivity index (χ1) is 10.4. The molecule has 0 unspecified atom stereocenters. The van der Waals surface area contributed by atoms with Crippen molar-refractivity contribution >= 4 is 31.7 Å². The number of rotatable bonds is 3. The van der Waals surface area contributed by atoms with E-state index in [2.05, 4.69) is 4.18 Å². The standard InChI is InChI=1S/C15H11NO4S2/c16-22(18,19)20-11-6-7-12-14(8-11)21-9-13(15(12)17)10-4-2-1-3-5-10/h1-9H,(H2,16,18,19). The van der Waals surface area contributed by atoms with Crippen LogP contribution in [0.15, 0.2) is 58.7 Å². The zero-order chi connectivity index (χ0) is 15.7. The summed E-state index contributed by atoms with van der Waals surface area (Å²) in [6.45, 7) is 0. The van der Waals surface area contributed by atoms with Gasteiger partial charge in [0.05, 0.1) is 0 Å². The minimum absolute atomic E-state index is 0.0816. The summed E-state index contributed by atoms with van der Waals surface area (Å²) in [7, 11) is -4.08. The first-order valence-corrected chi connectivity index (χ1v) is 8.62.